The minimum atomic E-state index is -0.613. The summed E-state index contributed by atoms with van der Waals surface area (Å²) in [5.41, 5.74) is 1.16. The van der Waals surface area contributed by atoms with E-state index in [1.54, 1.807) is 18.7 Å². The van der Waals surface area contributed by atoms with Gasteiger partial charge < -0.3 is 20.1 Å². The number of fused-ring (bicyclic) bond motifs is 1. The molecule has 7 nitrogen and oxygen atoms in total. The summed E-state index contributed by atoms with van der Waals surface area (Å²) in [6.07, 6.45) is 0. The molecule has 2 N–H and O–H groups in total. The van der Waals surface area contributed by atoms with Gasteiger partial charge in [0.1, 0.15) is 5.69 Å². The third-order valence-corrected chi connectivity index (χ3v) is 4.72. The first-order valence-electron chi connectivity index (χ1n) is 8.53. The Morgan fingerprint density at radius 2 is 1.69 bits per heavy atom. The molecule has 1 aliphatic rings. The van der Waals surface area contributed by atoms with Gasteiger partial charge in [0.05, 0.1) is 5.02 Å². The van der Waals surface area contributed by atoms with E-state index in [9.17, 15) is 14.4 Å². The molecule has 0 unspecified atom stereocenters. The number of piperazine rings is 1. The van der Waals surface area contributed by atoms with Crippen LogP contribution in [0.25, 0.3) is 10.9 Å². The quantitative estimate of drug-likeness (QED) is 0.781. The fraction of sp³-hybridized carbons (Fsp3) is 0.389. The van der Waals surface area contributed by atoms with Crippen LogP contribution in [0.4, 0.5) is 0 Å². The molecule has 0 radical (unpaired) electrons. The van der Waals surface area contributed by atoms with Crippen LogP contribution < -0.4 is 5.32 Å². The lowest BCUT2D eigenvalue weighted by Gasteiger charge is -2.34. The number of para-hydroxylation sites is 1. The summed E-state index contributed by atoms with van der Waals surface area (Å²) < 4.78 is 0. The molecule has 1 saturated heterocycles. The van der Waals surface area contributed by atoms with E-state index >= 15 is 0 Å². The molecule has 0 atom stereocenters. The van der Waals surface area contributed by atoms with Crippen molar-refractivity contribution in [2.24, 2.45) is 0 Å². The fourth-order valence-corrected chi connectivity index (χ4v) is 3.29. The molecule has 1 fully saturated rings. The first-order chi connectivity index (χ1) is 12.4. The largest absolute Gasteiger partial charge is 0.349 e. The fourth-order valence-electron chi connectivity index (χ4n) is 2.99. The Bertz CT molecular complexity index is 853. The number of H-pyrrole nitrogens is 1. The lowest BCUT2D eigenvalue weighted by atomic mass is 10.2. The molecule has 3 rings (SSSR count). The Morgan fingerprint density at radius 1 is 1.08 bits per heavy atom. The van der Waals surface area contributed by atoms with E-state index in [0.29, 0.717) is 36.9 Å². The van der Waals surface area contributed by atoms with Gasteiger partial charge in [0, 0.05) is 43.1 Å². The summed E-state index contributed by atoms with van der Waals surface area (Å²) in [5.74, 6) is -1.38. The molecular weight excluding hydrogens is 356 g/mol. The average Bonchev–Trinajstić information content (AvgIpc) is 2.97. The van der Waals surface area contributed by atoms with Gasteiger partial charge in [-0.2, -0.15) is 0 Å². The highest BCUT2D eigenvalue weighted by Crippen LogP contribution is 2.28. The lowest BCUT2D eigenvalue weighted by Crippen LogP contribution is -2.54. The van der Waals surface area contributed by atoms with Crippen molar-refractivity contribution >= 4 is 40.2 Å². The molecule has 2 heterocycles. The number of hydrogen-bond donors (Lipinski definition) is 2. The monoisotopic (exact) mass is 376 g/mol. The summed E-state index contributed by atoms with van der Waals surface area (Å²) in [7, 11) is 0. The summed E-state index contributed by atoms with van der Waals surface area (Å²) in [4.78, 5) is 42.9. The molecule has 3 amide bonds. The zero-order valence-electron chi connectivity index (χ0n) is 14.7. The molecule has 138 valence electrons. The maximum absolute atomic E-state index is 12.8. The minimum absolute atomic E-state index is 0.0986. The van der Waals surface area contributed by atoms with Gasteiger partial charge in [-0.15, -0.1) is 0 Å². The van der Waals surface area contributed by atoms with E-state index in [-0.39, 0.29) is 11.9 Å². The van der Waals surface area contributed by atoms with Crippen molar-refractivity contribution in [2.45, 2.75) is 19.9 Å². The number of aromatic amines is 1. The van der Waals surface area contributed by atoms with Crippen molar-refractivity contribution in [1.82, 2.24) is 20.1 Å². The summed E-state index contributed by atoms with van der Waals surface area (Å²) >= 11 is 6.34. The average molecular weight is 377 g/mol. The van der Waals surface area contributed by atoms with Crippen LogP contribution >= 0.6 is 11.6 Å². The van der Waals surface area contributed by atoms with Crippen molar-refractivity contribution in [3.05, 3.63) is 35.0 Å². The number of nitrogens with zero attached hydrogens (tertiary/aromatic N) is 2. The number of hydrogen-bond acceptors (Lipinski definition) is 3. The molecule has 2 aromatic rings. The number of aromatic nitrogens is 1. The number of benzene rings is 1. The van der Waals surface area contributed by atoms with Crippen molar-refractivity contribution in [2.75, 3.05) is 26.2 Å². The van der Waals surface area contributed by atoms with Crippen LogP contribution in [-0.4, -0.2) is 64.7 Å². The number of rotatable bonds is 2. The predicted molar refractivity (Wildman–Crippen MR) is 99.1 cm³/mol. The van der Waals surface area contributed by atoms with Gasteiger partial charge in [-0.3, -0.25) is 14.4 Å². The van der Waals surface area contributed by atoms with Gasteiger partial charge in [0.25, 0.3) is 5.91 Å². The van der Waals surface area contributed by atoms with Crippen LogP contribution in [0.2, 0.25) is 5.02 Å². The molecule has 26 heavy (non-hydrogen) atoms. The highest BCUT2D eigenvalue weighted by molar-refractivity contribution is 6.38. The molecule has 0 spiro atoms. The van der Waals surface area contributed by atoms with Crippen LogP contribution in [0.1, 0.15) is 24.3 Å². The Balaban J connectivity index is 1.66. The van der Waals surface area contributed by atoms with Crippen LogP contribution in [0.15, 0.2) is 24.3 Å². The second kappa shape index (κ2) is 7.37. The second-order valence-electron chi connectivity index (χ2n) is 6.57. The summed E-state index contributed by atoms with van der Waals surface area (Å²) in [6, 6.07) is 7.36. The van der Waals surface area contributed by atoms with Crippen LogP contribution in [0.3, 0.4) is 0 Å². The van der Waals surface area contributed by atoms with Crippen molar-refractivity contribution in [1.29, 1.82) is 0 Å². The van der Waals surface area contributed by atoms with Gasteiger partial charge >= 0.3 is 11.8 Å². The highest BCUT2D eigenvalue weighted by atomic mass is 35.5. The van der Waals surface area contributed by atoms with Crippen molar-refractivity contribution in [3.63, 3.8) is 0 Å². The van der Waals surface area contributed by atoms with Crippen molar-refractivity contribution in [3.8, 4) is 0 Å². The van der Waals surface area contributed by atoms with E-state index < -0.39 is 11.8 Å². The third-order valence-electron chi connectivity index (χ3n) is 4.32. The van der Waals surface area contributed by atoms with Gasteiger partial charge in [-0.05, 0) is 19.9 Å². The van der Waals surface area contributed by atoms with E-state index in [4.69, 9.17) is 11.6 Å². The third kappa shape index (κ3) is 3.53. The number of amides is 3. The maximum Gasteiger partial charge on any atom is 0.312 e. The number of halogens is 1. The lowest BCUT2D eigenvalue weighted by molar-refractivity contribution is -0.147. The van der Waals surface area contributed by atoms with E-state index in [2.05, 4.69) is 10.3 Å². The second-order valence-corrected chi connectivity index (χ2v) is 6.95. The van der Waals surface area contributed by atoms with E-state index in [0.717, 1.165) is 10.9 Å². The highest BCUT2D eigenvalue weighted by Gasteiger charge is 2.30. The van der Waals surface area contributed by atoms with Crippen LogP contribution in [-0.2, 0) is 9.59 Å². The molecule has 0 aliphatic carbocycles. The van der Waals surface area contributed by atoms with Crippen LogP contribution in [0.5, 0.6) is 0 Å². The Hall–Kier alpha value is -2.54. The van der Waals surface area contributed by atoms with E-state index in [1.165, 1.54) is 4.90 Å². The zero-order chi connectivity index (χ0) is 18.8. The number of nitrogens with one attached hydrogen (secondary N) is 2. The zero-order valence-corrected chi connectivity index (χ0v) is 15.5. The molecular formula is C18H21ClN4O3. The normalized spacial score (nSPS) is 14.8. The Kier molecular flexibility index (Phi) is 5.18. The van der Waals surface area contributed by atoms with Gasteiger partial charge in [-0.1, -0.05) is 29.8 Å². The standard InChI is InChI=1S/C18H21ClN4O3/c1-11(2)20-16(24)18(26)23-9-7-22(8-10-23)17(25)15-14(19)12-5-3-4-6-13(12)21-15/h3-6,11,21H,7-10H2,1-2H3,(H,20,24). The van der Waals surface area contributed by atoms with E-state index in [1.807, 2.05) is 24.3 Å². The number of carbonyl (C=O) groups is 3. The topological polar surface area (TPSA) is 85.5 Å². The molecule has 1 aromatic heterocycles. The van der Waals surface area contributed by atoms with Gasteiger partial charge in [-0.25, -0.2) is 0 Å². The summed E-state index contributed by atoms with van der Waals surface area (Å²) in [6.45, 7) is 4.93. The minimum Gasteiger partial charge on any atom is -0.349 e. The molecule has 8 heteroatoms. The SMILES string of the molecule is CC(C)NC(=O)C(=O)N1CCN(C(=O)c2[nH]c3ccccc3c2Cl)CC1. The first-order valence-corrected chi connectivity index (χ1v) is 8.91. The van der Waals surface area contributed by atoms with Gasteiger partial charge in [0.15, 0.2) is 0 Å². The number of carbonyl (C=O) groups excluding carboxylic acids is 3. The Morgan fingerprint density at radius 3 is 2.31 bits per heavy atom. The van der Waals surface area contributed by atoms with Crippen molar-refractivity contribution < 1.29 is 14.4 Å². The predicted octanol–water partition coefficient (Wildman–Crippen LogP) is 1.63. The molecule has 1 aliphatic heterocycles. The smallest absolute Gasteiger partial charge is 0.312 e. The maximum atomic E-state index is 12.8. The summed E-state index contributed by atoms with van der Waals surface area (Å²) in [5, 5.41) is 3.79. The molecule has 0 saturated carbocycles. The first kappa shape index (κ1) is 18.3. The molecule has 1 aromatic carbocycles. The Labute approximate surface area is 156 Å². The van der Waals surface area contributed by atoms with Gasteiger partial charge in [0.2, 0.25) is 0 Å². The molecule has 0 bridgehead atoms. The van der Waals surface area contributed by atoms with Crippen LogP contribution in [0, 0.1) is 0 Å².